The van der Waals surface area contributed by atoms with Gasteiger partial charge in [0.05, 0.1) is 23.9 Å². The van der Waals surface area contributed by atoms with Gasteiger partial charge >= 0.3 is 12.1 Å². The van der Waals surface area contributed by atoms with Gasteiger partial charge in [-0.25, -0.2) is 9.59 Å². The molecule has 0 aliphatic carbocycles. The highest BCUT2D eigenvalue weighted by Gasteiger charge is 2.37. The van der Waals surface area contributed by atoms with Gasteiger partial charge < -0.3 is 29.2 Å². The molecule has 2 aromatic heterocycles. The molecule has 200 valence electrons. The Kier molecular flexibility index (Phi) is 7.60. The number of aryl methyl sites for hydroxylation is 1. The molecule has 2 aliphatic rings. The highest BCUT2D eigenvalue weighted by atomic mass is 79.9. The minimum Gasteiger partial charge on any atom is -0.465 e. The number of hydrogen-bond donors (Lipinski definition) is 1. The number of esters is 1. The fourth-order valence-corrected chi connectivity index (χ4v) is 6.22. The molecule has 0 saturated carbocycles. The molecule has 1 saturated heterocycles. The normalized spacial score (nSPS) is 17.8. The van der Waals surface area contributed by atoms with Crippen molar-refractivity contribution in [2.75, 3.05) is 57.1 Å². The smallest absolute Gasteiger partial charge is 0.415 e. The first kappa shape index (κ1) is 26.5. The van der Waals surface area contributed by atoms with Crippen LogP contribution in [0.5, 0.6) is 5.75 Å². The summed E-state index contributed by atoms with van der Waals surface area (Å²) in [5.74, 6) is -0.483. The summed E-state index contributed by atoms with van der Waals surface area (Å²) >= 11 is 5.15. The Hall–Kier alpha value is -3.15. The van der Waals surface area contributed by atoms with E-state index >= 15 is 0 Å². The van der Waals surface area contributed by atoms with Gasteiger partial charge in [-0.15, -0.1) is 11.3 Å². The number of anilines is 1. The second-order valence-corrected chi connectivity index (χ2v) is 11.1. The first-order valence-corrected chi connectivity index (χ1v) is 14.3. The predicted octanol–water partition coefficient (Wildman–Crippen LogP) is 4.61. The van der Waals surface area contributed by atoms with Gasteiger partial charge in [0, 0.05) is 72.1 Å². The number of aromatic amines is 1. The molecular weight excluding hydrogens is 572 g/mol. The van der Waals surface area contributed by atoms with Crippen molar-refractivity contribution in [3.8, 4) is 5.75 Å². The number of methoxy groups -OCH3 is 1. The van der Waals surface area contributed by atoms with Crippen molar-refractivity contribution in [3.05, 3.63) is 51.4 Å². The molecule has 3 aromatic rings. The number of nitrogens with one attached hydrogen (secondary N) is 1. The molecule has 1 atom stereocenters. The lowest BCUT2D eigenvalue weighted by atomic mass is 9.95. The van der Waals surface area contributed by atoms with Crippen LogP contribution < -0.4 is 9.64 Å². The van der Waals surface area contributed by atoms with E-state index in [1.165, 1.54) is 7.11 Å². The highest BCUT2D eigenvalue weighted by Crippen LogP contribution is 2.47. The minimum atomic E-state index is -0.491. The number of likely N-dealkylation sites (N-methyl/N-ethyl adjacent to an activating group) is 1. The van der Waals surface area contributed by atoms with Crippen LogP contribution in [0.1, 0.15) is 32.4 Å². The predicted molar refractivity (Wildman–Crippen MR) is 152 cm³/mol. The zero-order valence-corrected chi connectivity index (χ0v) is 23.9. The fourth-order valence-electron chi connectivity index (χ4n) is 5.08. The van der Waals surface area contributed by atoms with E-state index in [1.807, 2.05) is 24.6 Å². The van der Waals surface area contributed by atoms with Gasteiger partial charge in [0.15, 0.2) is 5.75 Å². The zero-order chi connectivity index (χ0) is 27.0. The van der Waals surface area contributed by atoms with Crippen LogP contribution in [0.25, 0.3) is 17.0 Å². The molecule has 1 aromatic carbocycles. The van der Waals surface area contributed by atoms with Crippen LogP contribution in [0.2, 0.25) is 0 Å². The summed E-state index contributed by atoms with van der Waals surface area (Å²) in [6.07, 6.45) is 2.88. The van der Waals surface area contributed by atoms with Crippen molar-refractivity contribution in [2.45, 2.75) is 12.8 Å². The number of halogens is 1. The summed E-state index contributed by atoms with van der Waals surface area (Å²) < 4.78 is 11.1. The topological polar surface area (TPSA) is 95.2 Å². The van der Waals surface area contributed by atoms with Crippen molar-refractivity contribution < 1.29 is 23.9 Å². The first-order valence-electron chi connectivity index (χ1n) is 12.3. The number of H-pyrrole nitrogens is 1. The van der Waals surface area contributed by atoms with Crippen LogP contribution in [0.3, 0.4) is 0 Å². The van der Waals surface area contributed by atoms with Gasteiger partial charge in [-0.05, 0) is 37.1 Å². The number of amides is 2. The van der Waals surface area contributed by atoms with Crippen LogP contribution in [-0.4, -0.2) is 85.0 Å². The largest absolute Gasteiger partial charge is 0.465 e. The number of ether oxygens (including phenoxy) is 2. The summed E-state index contributed by atoms with van der Waals surface area (Å²) in [4.78, 5) is 49.2. The number of hydrogen-bond acceptors (Lipinski definition) is 7. The number of fused-ring (bicyclic) bond motifs is 3. The van der Waals surface area contributed by atoms with Crippen molar-refractivity contribution in [3.63, 3.8) is 0 Å². The molecule has 9 nitrogen and oxygen atoms in total. The molecule has 38 heavy (non-hydrogen) atoms. The van der Waals surface area contributed by atoms with Gasteiger partial charge in [-0.1, -0.05) is 22.0 Å². The summed E-state index contributed by atoms with van der Waals surface area (Å²) in [6, 6.07) is 5.61. The van der Waals surface area contributed by atoms with Gasteiger partial charge in [-0.3, -0.25) is 4.79 Å². The molecule has 1 N–H and O–H groups in total. The Bertz CT molecular complexity index is 1410. The number of carbonyl (C=O) groups excluding carboxylic acids is 3. The maximum absolute atomic E-state index is 13.4. The molecule has 1 fully saturated rings. The van der Waals surface area contributed by atoms with E-state index in [4.69, 9.17) is 9.47 Å². The van der Waals surface area contributed by atoms with Crippen LogP contribution in [0.15, 0.2) is 29.7 Å². The SMILES string of the molecule is COC(=O)c1c(C)[nH]c2c(OC(=O)N3CCN(C)CC3)cc3c(c12)[C@H](CBr)CN3C(=O)/C=C/c1cccs1. The molecule has 11 heteroatoms. The average Bonchev–Trinajstić information content (AvgIpc) is 3.64. The Morgan fingerprint density at radius 2 is 2.00 bits per heavy atom. The highest BCUT2D eigenvalue weighted by molar-refractivity contribution is 9.09. The average molecular weight is 602 g/mol. The minimum absolute atomic E-state index is 0.0763. The summed E-state index contributed by atoms with van der Waals surface area (Å²) in [6.45, 7) is 4.84. The summed E-state index contributed by atoms with van der Waals surface area (Å²) in [7, 11) is 3.35. The Balaban J connectivity index is 1.61. The molecule has 2 aliphatic heterocycles. The third kappa shape index (κ3) is 4.85. The molecule has 0 bridgehead atoms. The molecule has 0 radical (unpaired) electrons. The second kappa shape index (κ2) is 10.9. The van der Waals surface area contributed by atoms with Gasteiger partial charge in [-0.2, -0.15) is 0 Å². The Morgan fingerprint density at radius 1 is 1.24 bits per heavy atom. The number of thiophene rings is 1. The lowest BCUT2D eigenvalue weighted by Crippen LogP contribution is -2.48. The van der Waals surface area contributed by atoms with E-state index in [0.29, 0.717) is 52.8 Å². The third-order valence-corrected chi connectivity index (χ3v) is 8.70. The second-order valence-electron chi connectivity index (χ2n) is 9.48. The fraction of sp³-hybridized carbons (Fsp3) is 0.370. The Morgan fingerprint density at radius 3 is 2.66 bits per heavy atom. The van der Waals surface area contributed by atoms with Gasteiger partial charge in [0.2, 0.25) is 0 Å². The molecule has 4 heterocycles. The van der Waals surface area contributed by atoms with Crippen LogP contribution in [0, 0.1) is 6.92 Å². The summed E-state index contributed by atoms with van der Waals surface area (Å²) in [5.41, 5.74) is 2.99. The number of alkyl halides is 1. The maximum Gasteiger partial charge on any atom is 0.415 e. The molecular formula is C27H29BrN4O5S. The van der Waals surface area contributed by atoms with E-state index in [0.717, 1.165) is 23.5 Å². The van der Waals surface area contributed by atoms with Crippen molar-refractivity contribution in [2.24, 2.45) is 0 Å². The number of carbonyl (C=O) groups is 3. The number of rotatable bonds is 5. The van der Waals surface area contributed by atoms with E-state index < -0.39 is 12.1 Å². The van der Waals surface area contributed by atoms with Crippen molar-refractivity contribution >= 4 is 67.9 Å². The number of nitrogens with zero attached hydrogens (tertiary/aromatic N) is 3. The van der Waals surface area contributed by atoms with Gasteiger partial charge in [0.25, 0.3) is 5.91 Å². The lowest BCUT2D eigenvalue weighted by molar-refractivity contribution is -0.114. The number of piperazine rings is 1. The Labute approximate surface area is 233 Å². The van der Waals surface area contributed by atoms with Crippen LogP contribution in [-0.2, 0) is 9.53 Å². The quantitative estimate of drug-likeness (QED) is 0.261. The summed E-state index contributed by atoms with van der Waals surface area (Å²) in [5, 5.41) is 3.16. The van der Waals surface area contributed by atoms with E-state index in [-0.39, 0.29) is 17.6 Å². The molecule has 2 amide bonds. The van der Waals surface area contributed by atoms with Crippen LogP contribution in [0.4, 0.5) is 10.5 Å². The van der Waals surface area contributed by atoms with Crippen LogP contribution >= 0.6 is 27.3 Å². The van der Waals surface area contributed by atoms with Gasteiger partial charge in [0.1, 0.15) is 0 Å². The standard InChI is InChI=1S/C27H29BrN4O5S/c1-16-22(26(34)36-3)24-23-17(14-28)15-32(21(33)7-6-18-5-4-12-38-18)19(23)13-20(25(24)29-16)37-27(35)31-10-8-30(2)9-11-31/h4-7,12-13,17,29H,8-11,14-15H2,1-3H3/b7-6+/t17-/m1/s1. The van der Waals surface area contributed by atoms with E-state index in [9.17, 15) is 14.4 Å². The van der Waals surface area contributed by atoms with E-state index in [2.05, 4.69) is 25.8 Å². The monoisotopic (exact) mass is 600 g/mol. The van der Waals surface area contributed by atoms with Crippen molar-refractivity contribution in [1.82, 2.24) is 14.8 Å². The van der Waals surface area contributed by atoms with Crippen molar-refractivity contribution in [1.29, 1.82) is 0 Å². The molecule has 0 spiro atoms. The molecule has 0 unspecified atom stereocenters. The number of benzene rings is 1. The molecule has 5 rings (SSSR count). The third-order valence-electron chi connectivity index (χ3n) is 7.08. The number of aromatic nitrogens is 1. The lowest BCUT2D eigenvalue weighted by Gasteiger charge is -2.31. The first-order chi connectivity index (χ1) is 18.3. The maximum atomic E-state index is 13.4. The van der Waals surface area contributed by atoms with E-state index in [1.54, 1.807) is 46.3 Å². The zero-order valence-electron chi connectivity index (χ0n) is 21.5.